The highest BCUT2D eigenvalue weighted by atomic mass is 32.2. The minimum Gasteiger partial charge on any atom is -0.374 e. The highest BCUT2D eigenvalue weighted by Gasteiger charge is 2.34. The Balaban J connectivity index is 4.13. The molecule has 0 amide bonds. The van der Waals surface area contributed by atoms with Crippen LogP contribution in [0.1, 0.15) is 20.8 Å². The smallest absolute Gasteiger partial charge is 0.374 e. The molecule has 15 heavy (non-hydrogen) atoms. The second-order valence-corrected chi connectivity index (χ2v) is 8.65. The van der Waals surface area contributed by atoms with Crippen LogP contribution in [-0.4, -0.2) is 40.6 Å². The van der Waals surface area contributed by atoms with E-state index in [4.69, 9.17) is 13.3 Å². The van der Waals surface area contributed by atoms with Crippen molar-refractivity contribution in [1.82, 2.24) is 0 Å². The maximum atomic E-state index is 5.27. The molecule has 0 saturated heterocycles. The molecule has 0 fully saturated rings. The Kier molecular flexibility index (Phi) is 6.78. The van der Waals surface area contributed by atoms with Crippen LogP contribution < -0.4 is 0 Å². The van der Waals surface area contributed by atoms with Gasteiger partial charge in [0.2, 0.25) is 0 Å². The lowest BCUT2D eigenvalue weighted by atomic mass is 10.3. The summed E-state index contributed by atoms with van der Waals surface area (Å²) in [5.41, 5.74) is 1.92. The fourth-order valence-corrected chi connectivity index (χ4v) is 3.12. The predicted octanol–water partition coefficient (Wildman–Crippen LogP) is 2.49. The standard InChI is InChI=1S/C10H22O3SSi/c1-10(2,3)14-8-7-9-15(11-4,12-5)13-6/h7,9H,8H2,1-6H3/b9-7-. The lowest BCUT2D eigenvalue weighted by Crippen LogP contribution is -2.41. The summed E-state index contributed by atoms with van der Waals surface area (Å²) in [6, 6.07) is 0. The molecule has 0 aromatic carbocycles. The zero-order valence-corrected chi connectivity index (χ0v) is 12.3. The van der Waals surface area contributed by atoms with Crippen LogP contribution in [0.15, 0.2) is 11.8 Å². The Labute approximate surface area is 98.5 Å². The highest BCUT2D eigenvalue weighted by Crippen LogP contribution is 2.23. The van der Waals surface area contributed by atoms with Gasteiger partial charge in [-0.15, -0.1) is 0 Å². The molecule has 0 saturated carbocycles. The van der Waals surface area contributed by atoms with Gasteiger partial charge in [0.05, 0.1) is 0 Å². The van der Waals surface area contributed by atoms with Crippen molar-refractivity contribution in [1.29, 1.82) is 0 Å². The zero-order valence-electron chi connectivity index (χ0n) is 10.5. The van der Waals surface area contributed by atoms with Gasteiger partial charge in [-0.1, -0.05) is 26.8 Å². The van der Waals surface area contributed by atoms with Gasteiger partial charge in [-0.2, -0.15) is 11.8 Å². The molecule has 0 aliphatic carbocycles. The van der Waals surface area contributed by atoms with Gasteiger partial charge in [0.15, 0.2) is 0 Å². The molecular weight excluding hydrogens is 228 g/mol. The first kappa shape index (κ1) is 15.2. The zero-order chi connectivity index (χ0) is 11.9. The van der Waals surface area contributed by atoms with Crippen molar-refractivity contribution in [3.63, 3.8) is 0 Å². The third kappa shape index (κ3) is 6.37. The third-order valence-corrected chi connectivity index (χ3v) is 5.36. The van der Waals surface area contributed by atoms with E-state index in [0.29, 0.717) is 0 Å². The van der Waals surface area contributed by atoms with Crippen LogP contribution in [-0.2, 0) is 13.3 Å². The van der Waals surface area contributed by atoms with Crippen LogP contribution in [0.4, 0.5) is 0 Å². The average molecular weight is 250 g/mol. The van der Waals surface area contributed by atoms with Gasteiger partial charge < -0.3 is 13.3 Å². The summed E-state index contributed by atoms with van der Waals surface area (Å²) < 4.78 is 16.1. The molecule has 0 aliphatic rings. The van der Waals surface area contributed by atoms with E-state index in [1.165, 1.54) is 0 Å². The van der Waals surface area contributed by atoms with Crippen LogP contribution in [0.5, 0.6) is 0 Å². The largest absolute Gasteiger partial charge is 0.528 e. The fourth-order valence-electron chi connectivity index (χ4n) is 0.945. The molecule has 0 atom stereocenters. The van der Waals surface area contributed by atoms with Crippen LogP contribution in [0, 0.1) is 0 Å². The summed E-state index contributed by atoms with van der Waals surface area (Å²) in [4.78, 5) is 0. The predicted molar refractivity (Wildman–Crippen MR) is 68.1 cm³/mol. The van der Waals surface area contributed by atoms with Crippen molar-refractivity contribution in [3.8, 4) is 0 Å². The molecule has 0 aliphatic heterocycles. The van der Waals surface area contributed by atoms with E-state index in [9.17, 15) is 0 Å². The van der Waals surface area contributed by atoms with Crippen molar-refractivity contribution in [2.75, 3.05) is 27.1 Å². The van der Waals surface area contributed by atoms with E-state index >= 15 is 0 Å². The van der Waals surface area contributed by atoms with Gasteiger partial charge in [0.1, 0.15) is 0 Å². The van der Waals surface area contributed by atoms with E-state index in [1.54, 1.807) is 21.3 Å². The van der Waals surface area contributed by atoms with Crippen molar-refractivity contribution < 1.29 is 13.3 Å². The lowest BCUT2D eigenvalue weighted by molar-refractivity contribution is 0.138. The minimum absolute atomic E-state index is 0.280. The minimum atomic E-state index is -2.51. The summed E-state index contributed by atoms with van der Waals surface area (Å²) >= 11 is 1.87. The second kappa shape index (κ2) is 6.70. The van der Waals surface area contributed by atoms with Gasteiger partial charge in [0, 0.05) is 31.8 Å². The van der Waals surface area contributed by atoms with Crippen molar-refractivity contribution in [2.45, 2.75) is 25.5 Å². The molecule has 0 radical (unpaired) electrons. The van der Waals surface area contributed by atoms with Gasteiger partial charge in [-0.3, -0.25) is 0 Å². The van der Waals surface area contributed by atoms with Crippen LogP contribution in [0.25, 0.3) is 0 Å². The van der Waals surface area contributed by atoms with E-state index < -0.39 is 8.80 Å². The first-order chi connectivity index (χ1) is 6.89. The molecular formula is C10H22O3SSi. The second-order valence-electron chi connectivity index (χ2n) is 4.04. The van der Waals surface area contributed by atoms with E-state index in [-0.39, 0.29) is 4.75 Å². The molecule has 90 valence electrons. The lowest BCUT2D eigenvalue weighted by Gasteiger charge is -2.21. The molecule has 5 heteroatoms. The molecule has 0 aromatic heterocycles. The van der Waals surface area contributed by atoms with E-state index in [2.05, 4.69) is 26.8 Å². The Morgan fingerprint density at radius 3 is 1.87 bits per heavy atom. The summed E-state index contributed by atoms with van der Waals surface area (Å²) in [5.74, 6) is 0.939. The molecule has 0 spiro atoms. The summed E-state index contributed by atoms with van der Waals surface area (Å²) in [6.07, 6.45) is 2.05. The topological polar surface area (TPSA) is 27.7 Å². The Hall–Kier alpha value is 0.187. The Morgan fingerprint density at radius 2 is 1.53 bits per heavy atom. The molecule has 0 bridgehead atoms. The van der Waals surface area contributed by atoms with E-state index in [0.717, 1.165) is 5.75 Å². The number of hydrogen-bond donors (Lipinski definition) is 0. The first-order valence-corrected chi connectivity index (χ1v) is 7.65. The SMILES string of the molecule is CO[Si](/C=C\CSC(C)(C)C)(OC)OC. The van der Waals surface area contributed by atoms with Gasteiger partial charge in [0.25, 0.3) is 0 Å². The Morgan fingerprint density at radius 1 is 1.07 bits per heavy atom. The van der Waals surface area contributed by atoms with E-state index in [1.807, 2.05) is 17.5 Å². The maximum absolute atomic E-state index is 5.27. The number of rotatable bonds is 6. The van der Waals surface area contributed by atoms with Gasteiger partial charge in [-0.25, -0.2) is 0 Å². The maximum Gasteiger partial charge on any atom is 0.528 e. The Bertz CT molecular complexity index is 189. The van der Waals surface area contributed by atoms with Crippen molar-refractivity contribution in [3.05, 3.63) is 11.8 Å². The molecule has 0 N–H and O–H groups in total. The summed E-state index contributed by atoms with van der Waals surface area (Å²) in [7, 11) is 2.33. The molecule has 0 rings (SSSR count). The monoisotopic (exact) mass is 250 g/mol. The molecule has 0 unspecified atom stereocenters. The summed E-state index contributed by atoms with van der Waals surface area (Å²) in [6.45, 7) is 6.58. The average Bonchev–Trinajstić information content (AvgIpc) is 2.18. The number of hydrogen-bond acceptors (Lipinski definition) is 4. The summed E-state index contributed by atoms with van der Waals surface area (Å²) in [5, 5.41) is 0. The highest BCUT2D eigenvalue weighted by molar-refractivity contribution is 8.00. The number of thioether (sulfide) groups is 1. The van der Waals surface area contributed by atoms with Gasteiger partial charge >= 0.3 is 8.80 Å². The van der Waals surface area contributed by atoms with Crippen LogP contribution >= 0.6 is 11.8 Å². The van der Waals surface area contributed by atoms with Crippen LogP contribution in [0.3, 0.4) is 0 Å². The van der Waals surface area contributed by atoms with Crippen molar-refractivity contribution in [2.24, 2.45) is 0 Å². The van der Waals surface area contributed by atoms with Crippen LogP contribution in [0.2, 0.25) is 0 Å². The third-order valence-electron chi connectivity index (χ3n) is 1.79. The molecule has 3 nitrogen and oxygen atoms in total. The first-order valence-electron chi connectivity index (χ1n) is 4.86. The fraction of sp³-hybridized carbons (Fsp3) is 0.800. The quantitative estimate of drug-likeness (QED) is 0.677. The molecule has 0 aromatic rings. The molecule has 0 heterocycles. The normalized spacial score (nSPS) is 13.7. The van der Waals surface area contributed by atoms with Crippen molar-refractivity contribution >= 4 is 20.6 Å². The van der Waals surface area contributed by atoms with Gasteiger partial charge in [-0.05, 0) is 5.70 Å².